The summed E-state index contributed by atoms with van der Waals surface area (Å²) in [6.45, 7) is 9.59. The Hall–Kier alpha value is -5.72. The van der Waals surface area contributed by atoms with Gasteiger partial charge in [0, 0.05) is 10.8 Å². The fourth-order valence-electron chi connectivity index (χ4n) is 9.05. The van der Waals surface area contributed by atoms with Crippen LogP contribution in [0.5, 0.6) is 0 Å². The first-order chi connectivity index (χ1) is 24.3. The summed E-state index contributed by atoms with van der Waals surface area (Å²) >= 11 is 0. The third-order valence-corrected chi connectivity index (χ3v) is 11.8. The number of hydrogen-bond acceptors (Lipinski definition) is 0. The highest BCUT2D eigenvalue weighted by atomic mass is 14.4. The van der Waals surface area contributed by atoms with E-state index < -0.39 is 0 Å². The molecule has 0 fully saturated rings. The smallest absolute Gasteiger partial charge is 0.0159 e. The quantitative estimate of drug-likeness (QED) is 0.181. The van der Waals surface area contributed by atoms with Crippen molar-refractivity contribution in [3.05, 3.63) is 180 Å². The third-order valence-electron chi connectivity index (χ3n) is 11.8. The van der Waals surface area contributed by atoms with Crippen molar-refractivity contribution < 1.29 is 0 Å². The van der Waals surface area contributed by atoms with E-state index in [-0.39, 0.29) is 10.8 Å². The minimum atomic E-state index is -0.108. The monoisotopic (exact) mass is 638 g/mol. The van der Waals surface area contributed by atoms with Crippen LogP contribution in [0.25, 0.3) is 77.2 Å². The molecule has 0 N–H and O–H groups in total. The summed E-state index contributed by atoms with van der Waals surface area (Å²) in [5.74, 6) is 0. The van der Waals surface area contributed by atoms with Gasteiger partial charge in [-0.2, -0.15) is 0 Å². The lowest BCUT2D eigenvalue weighted by atomic mass is 9.77. The Bertz CT molecular complexity index is 2690. The summed E-state index contributed by atoms with van der Waals surface area (Å²) in [5, 5.41) is 5.06. The lowest BCUT2D eigenvalue weighted by Gasteiger charge is -2.26. The van der Waals surface area contributed by atoms with E-state index in [0.717, 1.165) is 0 Å². The molecule has 0 nitrogen and oxygen atoms in total. The van der Waals surface area contributed by atoms with E-state index in [2.05, 4.69) is 185 Å². The zero-order chi connectivity index (χ0) is 33.8. The highest BCUT2D eigenvalue weighted by Gasteiger charge is 2.41. The lowest BCUT2D eigenvalue weighted by Crippen LogP contribution is -2.18. The largest absolute Gasteiger partial charge is 0.0622 e. The molecule has 50 heavy (non-hydrogen) atoms. The summed E-state index contributed by atoms with van der Waals surface area (Å²) in [6, 6.07) is 59.2. The van der Waals surface area contributed by atoms with Crippen LogP contribution >= 0.6 is 0 Å². The van der Waals surface area contributed by atoms with E-state index in [0.29, 0.717) is 0 Å². The van der Waals surface area contributed by atoms with Crippen molar-refractivity contribution >= 4 is 21.5 Å². The van der Waals surface area contributed by atoms with E-state index >= 15 is 0 Å². The fraction of sp³-hybridized carbons (Fsp3) is 0.120. The topological polar surface area (TPSA) is 0 Å². The van der Waals surface area contributed by atoms with Crippen LogP contribution in [-0.2, 0) is 10.8 Å². The van der Waals surface area contributed by atoms with Gasteiger partial charge in [-0.25, -0.2) is 0 Å². The summed E-state index contributed by atoms with van der Waals surface area (Å²) < 4.78 is 0. The first-order valence-corrected chi connectivity index (χ1v) is 17.8. The Morgan fingerprint density at radius 2 is 0.860 bits per heavy atom. The zero-order valence-corrected chi connectivity index (χ0v) is 29.0. The molecule has 238 valence electrons. The van der Waals surface area contributed by atoms with Gasteiger partial charge in [0.05, 0.1) is 0 Å². The van der Waals surface area contributed by atoms with Crippen molar-refractivity contribution in [2.75, 3.05) is 0 Å². The van der Waals surface area contributed by atoms with Crippen LogP contribution in [0.2, 0.25) is 0 Å². The molecule has 0 radical (unpaired) electrons. The summed E-state index contributed by atoms with van der Waals surface area (Å²) in [5.41, 5.74) is 18.6. The molecule has 0 heterocycles. The molecule has 0 aromatic heterocycles. The average molecular weight is 639 g/mol. The molecule has 0 spiro atoms. The van der Waals surface area contributed by atoms with E-state index in [1.807, 2.05) is 0 Å². The maximum absolute atomic E-state index is 2.53. The van der Waals surface area contributed by atoms with Crippen molar-refractivity contribution in [2.45, 2.75) is 38.5 Å². The van der Waals surface area contributed by atoms with Gasteiger partial charge in [-0.1, -0.05) is 149 Å². The fourth-order valence-corrected chi connectivity index (χ4v) is 9.05. The van der Waals surface area contributed by atoms with Gasteiger partial charge in [-0.3, -0.25) is 0 Å². The molecule has 0 unspecified atom stereocenters. The molecular formula is C50H38. The van der Waals surface area contributed by atoms with Gasteiger partial charge in [0.2, 0.25) is 0 Å². The van der Waals surface area contributed by atoms with E-state index in [9.17, 15) is 0 Å². The normalized spacial score (nSPS) is 14.7. The number of rotatable bonds is 3. The van der Waals surface area contributed by atoms with Crippen molar-refractivity contribution in [1.82, 2.24) is 0 Å². The molecule has 0 heteroatoms. The van der Waals surface area contributed by atoms with Crippen molar-refractivity contribution in [1.29, 1.82) is 0 Å². The zero-order valence-electron chi connectivity index (χ0n) is 29.0. The van der Waals surface area contributed by atoms with E-state index in [1.165, 1.54) is 99.4 Å². The maximum atomic E-state index is 2.53. The Kier molecular flexibility index (Phi) is 6.07. The standard InChI is InChI=1S/C50H38/c1-49(2)45-17-11-10-16-40(45)43-29-44-41-23-22-36(28-46(41)50(3,4)48(44)30-47(43)49)42-27-38(26-35-14-8-9-15-39(35)42)34-21-19-32-18-20-33(24-37(32)25-34)31-12-6-5-7-13-31/h5-30H,1-4H3. The highest BCUT2D eigenvalue weighted by Crippen LogP contribution is 2.56. The van der Waals surface area contributed by atoms with Gasteiger partial charge in [0.1, 0.15) is 0 Å². The molecule has 0 amide bonds. The van der Waals surface area contributed by atoms with Gasteiger partial charge in [-0.15, -0.1) is 0 Å². The first kappa shape index (κ1) is 29.2. The summed E-state index contributed by atoms with van der Waals surface area (Å²) in [6.07, 6.45) is 0. The van der Waals surface area contributed by atoms with Crippen LogP contribution in [0.1, 0.15) is 49.9 Å². The van der Waals surface area contributed by atoms with Crippen molar-refractivity contribution in [2.24, 2.45) is 0 Å². The predicted molar refractivity (Wildman–Crippen MR) is 213 cm³/mol. The first-order valence-electron chi connectivity index (χ1n) is 17.8. The van der Waals surface area contributed by atoms with Gasteiger partial charge < -0.3 is 0 Å². The second-order valence-electron chi connectivity index (χ2n) is 15.4. The molecule has 8 aromatic rings. The van der Waals surface area contributed by atoms with Gasteiger partial charge >= 0.3 is 0 Å². The molecule has 0 bridgehead atoms. The van der Waals surface area contributed by atoms with Crippen LogP contribution in [0.4, 0.5) is 0 Å². The van der Waals surface area contributed by atoms with E-state index in [4.69, 9.17) is 0 Å². The molecule has 2 aliphatic rings. The minimum Gasteiger partial charge on any atom is -0.0622 e. The van der Waals surface area contributed by atoms with Crippen LogP contribution in [-0.4, -0.2) is 0 Å². The summed E-state index contributed by atoms with van der Waals surface area (Å²) in [4.78, 5) is 0. The molecule has 2 aliphatic carbocycles. The third kappa shape index (κ3) is 4.18. The van der Waals surface area contributed by atoms with Gasteiger partial charge in [0.15, 0.2) is 0 Å². The Labute approximate surface area is 294 Å². The maximum Gasteiger partial charge on any atom is 0.0159 e. The van der Waals surface area contributed by atoms with Crippen molar-refractivity contribution in [3.8, 4) is 55.6 Å². The average Bonchev–Trinajstić information content (AvgIpc) is 3.52. The molecule has 0 saturated heterocycles. The highest BCUT2D eigenvalue weighted by molar-refractivity contribution is 6.02. The number of fused-ring (bicyclic) bond motifs is 8. The molecule has 8 aromatic carbocycles. The number of benzene rings is 8. The molecule has 0 saturated carbocycles. The lowest BCUT2D eigenvalue weighted by molar-refractivity contribution is 0.639. The van der Waals surface area contributed by atoms with Crippen LogP contribution in [0.15, 0.2) is 158 Å². The summed E-state index contributed by atoms with van der Waals surface area (Å²) in [7, 11) is 0. The Morgan fingerprint density at radius 3 is 1.64 bits per heavy atom. The second-order valence-corrected chi connectivity index (χ2v) is 15.4. The molecule has 0 atom stereocenters. The van der Waals surface area contributed by atoms with Gasteiger partial charge in [-0.05, 0) is 136 Å². The second kappa shape index (κ2) is 10.4. The van der Waals surface area contributed by atoms with Crippen molar-refractivity contribution in [3.63, 3.8) is 0 Å². The van der Waals surface area contributed by atoms with Crippen LogP contribution < -0.4 is 0 Å². The van der Waals surface area contributed by atoms with Gasteiger partial charge in [0.25, 0.3) is 0 Å². The number of hydrogen-bond donors (Lipinski definition) is 0. The molecule has 10 rings (SSSR count). The van der Waals surface area contributed by atoms with Crippen LogP contribution in [0, 0.1) is 0 Å². The molecule has 0 aliphatic heterocycles. The minimum absolute atomic E-state index is 0.0117. The van der Waals surface area contributed by atoms with Crippen LogP contribution in [0.3, 0.4) is 0 Å². The molecular weight excluding hydrogens is 601 g/mol. The van der Waals surface area contributed by atoms with E-state index in [1.54, 1.807) is 0 Å². The SMILES string of the molecule is CC1(C)c2ccccc2-c2cc3c(cc21)C(C)(C)c1cc(-c2cc(-c4ccc5ccc(-c6ccccc6)cc5c4)cc4ccccc24)ccc1-3. The Morgan fingerprint density at radius 1 is 0.280 bits per heavy atom. The Balaban J connectivity index is 1.11. The predicted octanol–water partition coefficient (Wildman–Crippen LogP) is 13.6.